The third-order valence-corrected chi connectivity index (χ3v) is 4.68. The maximum absolute atomic E-state index is 6.60. The van der Waals surface area contributed by atoms with Crippen molar-refractivity contribution in [2.45, 2.75) is 26.1 Å². The summed E-state index contributed by atoms with van der Waals surface area (Å²) in [6.45, 7) is 6.07. The van der Waals surface area contributed by atoms with Crippen LogP contribution in [0.25, 0.3) is 0 Å². The largest absolute Gasteiger partial charge is 0.113 e. The van der Waals surface area contributed by atoms with Gasteiger partial charge in [0.05, 0.1) is 5.38 Å². The van der Waals surface area contributed by atoms with Crippen molar-refractivity contribution in [3.8, 4) is 0 Å². The fourth-order valence-electron chi connectivity index (χ4n) is 2.06. The number of hydrogen-bond acceptors (Lipinski definition) is 0. The predicted molar refractivity (Wildman–Crippen MR) is 84.8 cm³/mol. The molecule has 0 fully saturated rings. The summed E-state index contributed by atoms with van der Waals surface area (Å²) in [6.07, 6.45) is 0. The normalized spacial score (nSPS) is 12.5. The second kappa shape index (κ2) is 5.75. The topological polar surface area (TPSA) is 0 Å². The average Bonchev–Trinajstić information content (AvgIpc) is 2.36. The highest BCUT2D eigenvalue weighted by molar-refractivity contribution is 6.33. The molecule has 0 aliphatic carbocycles. The Bertz CT molecular complexity index is 618. The van der Waals surface area contributed by atoms with Gasteiger partial charge in [-0.25, -0.2) is 0 Å². The molecule has 2 aromatic rings. The molecule has 0 saturated heterocycles. The van der Waals surface area contributed by atoms with Gasteiger partial charge >= 0.3 is 0 Å². The van der Waals surface area contributed by atoms with E-state index in [1.165, 1.54) is 11.1 Å². The lowest BCUT2D eigenvalue weighted by Crippen LogP contribution is -1.99. The second-order valence-electron chi connectivity index (χ2n) is 4.77. The van der Waals surface area contributed by atoms with Crippen LogP contribution in [0, 0.1) is 20.8 Å². The van der Waals surface area contributed by atoms with E-state index in [4.69, 9.17) is 34.8 Å². The van der Waals surface area contributed by atoms with Crippen molar-refractivity contribution >= 4 is 34.8 Å². The minimum Gasteiger partial charge on any atom is -0.113 e. The van der Waals surface area contributed by atoms with Gasteiger partial charge in [0.1, 0.15) is 0 Å². The molecule has 0 heterocycles. The molecule has 3 heteroatoms. The molecule has 0 bridgehead atoms. The zero-order valence-electron chi connectivity index (χ0n) is 11.1. The standard InChI is InChI=1S/C16H15Cl3/c1-9-7-13(15(18)8-10(9)2)16(19)12-5-4-6-14(17)11(12)3/h4-8,16H,1-3H3. The van der Waals surface area contributed by atoms with E-state index in [1.54, 1.807) is 0 Å². The highest BCUT2D eigenvalue weighted by Gasteiger charge is 2.18. The van der Waals surface area contributed by atoms with E-state index in [0.29, 0.717) is 5.02 Å². The summed E-state index contributed by atoms with van der Waals surface area (Å²) in [4.78, 5) is 0. The van der Waals surface area contributed by atoms with Gasteiger partial charge in [-0.3, -0.25) is 0 Å². The van der Waals surface area contributed by atoms with Crippen LogP contribution in [0.1, 0.15) is 33.2 Å². The molecule has 0 aliphatic heterocycles. The third kappa shape index (κ3) is 2.91. The monoisotopic (exact) mass is 312 g/mol. The van der Waals surface area contributed by atoms with Crippen molar-refractivity contribution in [3.63, 3.8) is 0 Å². The Balaban J connectivity index is 2.53. The lowest BCUT2D eigenvalue weighted by molar-refractivity contribution is 1.10. The highest BCUT2D eigenvalue weighted by atomic mass is 35.5. The first-order valence-corrected chi connectivity index (χ1v) is 7.26. The Morgan fingerprint density at radius 2 is 1.47 bits per heavy atom. The molecular formula is C16H15Cl3. The summed E-state index contributed by atoms with van der Waals surface area (Å²) < 4.78 is 0. The molecule has 0 spiro atoms. The van der Waals surface area contributed by atoms with Crippen LogP contribution in [-0.2, 0) is 0 Å². The Morgan fingerprint density at radius 1 is 0.842 bits per heavy atom. The smallest absolute Gasteiger partial charge is 0.0852 e. The first kappa shape index (κ1) is 14.7. The van der Waals surface area contributed by atoms with E-state index in [0.717, 1.165) is 21.7 Å². The minimum atomic E-state index is -0.287. The second-order valence-corrected chi connectivity index (χ2v) is 6.03. The Hall–Kier alpha value is -0.690. The fourth-order valence-corrected chi connectivity index (χ4v) is 3.05. The lowest BCUT2D eigenvalue weighted by Gasteiger charge is -2.17. The van der Waals surface area contributed by atoms with Crippen molar-refractivity contribution in [3.05, 3.63) is 68.2 Å². The molecule has 0 aromatic heterocycles. The van der Waals surface area contributed by atoms with Crippen LogP contribution in [0.4, 0.5) is 0 Å². The Labute approximate surface area is 129 Å². The SMILES string of the molecule is Cc1cc(Cl)c(C(Cl)c2cccc(Cl)c2C)cc1C. The molecule has 0 aliphatic rings. The van der Waals surface area contributed by atoms with E-state index in [-0.39, 0.29) is 5.38 Å². The first-order valence-electron chi connectivity index (χ1n) is 6.07. The summed E-state index contributed by atoms with van der Waals surface area (Å²) in [5.74, 6) is 0. The van der Waals surface area contributed by atoms with Crippen molar-refractivity contribution in [1.82, 2.24) is 0 Å². The zero-order valence-corrected chi connectivity index (χ0v) is 13.4. The maximum Gasteiger partial charge on any atom is 0.0852 e. The molecule has 1 unspecified atom stereocenters. The van der Waals surface area contributed by atoms with Gasteiger partial charge in [0.2, 0.25) is 0 Å². The maximum atomic E-state index is 6.60. The predicted octanol–water partition coefficient (Wildman–Crippen LogP) is 6.25. The molecule has 0 nitrogen and oxygen atoms in total. The quantitative estimate of drug-likeness (QED) is 0.575. The van der Waals surface area contributed by atoms with Crippen molar-refractivity contribution < 1.29 is 0 Å². The molecule has 1 atom stereocenters. The number of alkyl halides is 1. The number of aryl methyl sites for hydroxylation is 2. The van der Waals surface area contributed by atoms with Crippen molar-refractivity contribution in [1.29, 1.82) is 0 Å². The van der Waals surface area contributed by atoms with Crippen LogP contribution in [0.5, 0.6) is 0 Å². The number of hydrogen-bond donors (Lipinski definition) is 0. The number of benzene rings is 2. The van der Waals surface area contributed by atoms with Gasteiger partial charge in [0.15, 0.2) is 0 Å². The number of rotatable bonds is 2. The van der Waals surface area contributed by atoms with E-state index < -0.39 is 0 Å². The summed E-state index contributed by atoms with van der Waals surface area (Å²) >= 11 is 19.1. The van der Waals surface area contributed by atoms with Crippen LogP contribution in [-0.4, -0.2) is 0 Å². The summed E-state index contributed by atoms with van der Waals surface area (Å²) in [7, 11) is 0. The highest BCUT2D eigenvalue weighted by Crippen LogP contribution is 2.37. The first-order chi connectivity index (χ1) is 8.91. The van der Waals surface area contributed by atoms with Crippen LogP contribution >= 0.6 is 34.8 Å². The zero-order chi connectivity index (χ0) is 14.2. The van der Waals surface area contributed by atoms with E-state index in [9.17, 15) is 0 Å². The van der Waals surface area contributed by atoms with E-state index in [2.05, 4.69) is 13.0 Å². The molecule has 19 heavy (non-hydrogen) atoms. The molecule has 0 saturated carbocycles. The van der Waals surface area contributed by atoms with Crippen LogP contribution in [0.15, 0.2) is 30.3 Å². The number of halogens is 3. The molecular weight excluding hydrogens is 299 g/mol. The van der Waals surface area contributed by atoms with Gasteiger partial charge in [-0.15, -0.1) is 11.6 Å². The molecule has 2 aromatic carbocycles. The van der Waals surface area contributed by atoms with Crippen LogP contribution in [0.2, 0.25) is 10.0 Å². The molecule has 2 rings (SSSR count). The van der Waals surface area contributed by atoms with Gasteiger partial charge in [-0.1, -0.05) is 41.4 Å². The Kier molecular flexibility index (Phi) is 4.45. The Morgan fingerprint density at radius 3 is 2.16 bits per heavy atom. The summed E-state index contributed by atoms with van der Waals surface area (Å²) in [6, 6.07) is 9.78. The van der Waals surface area contributed by atoms with E-state index >= 15 is 0 Å². The van der Waals surface area contributed by atoms with Crippen LogP contribution < -0.4 is 0 Å². The van der Waals surface area contributed by atoms with Gasteiger partial charge < -0.3 is 0 Å². The lowest BCUT2D eigenvalue weighted by atomic mass is 9.97. The molecule has 0 radical (unpaired) electrons. The fraction of sp³-hybridized carbons (Fsp3) is 0.250. The van der Waals surface area contributed by atoms with Gasteiger partial charge in [0, 0.05) is 10.0 Å². The molecule has 0 N–H and O–H groups in total. The van der Waals surface area contributed by atoms with Gasteiger partial charge in [-0.05, 0) is 60.7 Å². The summed E-state index contributed by atoms with van der Waals surface area (Å²) in [5, 5.41) is 1.14. The van der Waals surface area contributed by atoms with Crippen LogP contribution in [0.3, 0.4) is 0 Å². The van der Waals surface area contributed by atoms with Gasteiger partial charge in [-0.2, -0.15) is 0 Å². The molecule has 100 valence electrons. The van der Waals surface area contributed by atoms with Crippen molar-refractivity contribution in [2.24, 2.45) is 0 Å². The minimum absolute atomic E-state index is 0.287. The molecule has 0 amide bonds. The van der Waals surface area contributed by atoms with Crippen molar-refractivity contribution in [2.75, 3.05) is 0 Å². The van der Waals surface area contributed by atoms with E-state index in [1.807, 2.05) is 38.1 Å². The third-order valence-electron chi connectivity index (χ3n) is 3.47. The summed E-state index contributed by atoms with van der Waals surface area (Å²) in [5.41, 5.74) is 5.28. The average molecular weight is 314 g/mol. The van der Waals surface area contributed by atoms with Gasteiger partial charge in [0.25, 0.3) is 0 Å².